The molecule has 1 amide bonds. The molecule has 1 fully saturated rings. The van der Waals surface area contributed by atoms with Crippen molar-refractivity contribution in [2.75, 3.05) is 12.0 Å². The molecule has 162 valence electrons. The summed E-state index contributed by atoms with van der Waals surface area (Å²) in [7, 11) is 1.42. The standard InChI is InChI=1S/C23H31N3O4/c1-15-8-9-19-20(26(15)22(27)29-4)11-10-18(21(19)30-17-6-5-7-17)16-12-24-25(13-16)14-23(2,3)28/h10-13,15,17,28H,5-9,14H2,1-4H3. The molecule has 2 aliphatic rings. The van der Waals surface area contributed by atoms with Crippen LogP contribution < -0.4 is 9.64 Å². The van der Waals surface area contributed by atoms with E-state index in [1.165, 1.54) is 13.5 Å². The number of hydrogen-bond acceptors (Lipinski definition) is 5. The Morgan fingerprint density at radius 2 is 2.07 bits per heavy atom. The van der Waals surface area contributed by atoms with Crippen molar-refractivity contribution in [2.45, 2.75) is 77.2 Å². The molecule has 1 unspecified atom stereocenters. The number of anilines is 1. The van der Waals surface area contributed by atoms with E-state index in [9.17, 15) is 9.90 Å². The number of methoxy groups -OCH3 is 1. The van der Waals surface area contributed by atoms with Crippen molar-refractivity contribution in [3.8, 4) is 16.9 Å². The molecule has 1 aromatic carbocycles. The lowest BCUT2D eigenvalue weighted by molar-refractivity contribution is 0.0577. The lowest BCUT2D eigenvalue weighted by Crippen LogP contribution is -2.42. The number of benzene rings is 1. The van der Waals surface area contributed by atoms with Gasteiger partial charge >= 0.3 is 6.09 Å². The van der Waals surface area contributed by atoms with Crippen LogP contribution in [-0.4, -0.2) is 45.8 Å². The van der Waals surface area contributed by atoms with Crippen molar-refractivity contribution in [1.29, 1.82) is 0 Å². The molecule has 2 aromatic rings. The zero-order valence-corrected chi connectivity index (χ0v) is 18.2. The fraction of sp³-hybridized carbons (Fsp3) is 0.565. The van der Waals surface area contributed by atoms with Crippen molar-refractivity contribution in [3.63, 3.8) is 0 Å². The molecular formula is C23H31N3O4. The second-order valence-electron chi connectivity index (χ2n) is 9.08. The van der Waals surface area contributed by atoms with Gasteiger partial charge in [-0.2, -0.15) is 5.10 Å². The molecule has 7 heteroatoms. The minimum atomic E-state index is -0.846. The summed E-state index contributed by atoms with van der Waals surface area (Å²) in [6.07, 6.45) is 8.61. The van der Waals surface area contributed by atoms with E-state index in [1.807, 2.05) is 31.5 Å². The Morgan fingerprint density at radius 1 is 1.30 bits per heavy atom. The summed E-state index contributed by atoms with van der Waals surface area (Å²) < 4.78 is 13.3. The number of carbonyl (C=O) groups is 1. The molecule has 0 radical (unpaired) electrons. The lowest BCUT2D eigenvalue weighted by Gasteiger charge is -2.37. The number of carbonyl (C=O) groups excluding carboxylic acids is 1. The number of aromatic nitrogens is 2. The SMILES string of the molecule is COC(=O)N1c2ccc(-c3cnn(CC(C)(C)O)c3)c(OC3CCC3)c2CCC1C. The van der Waals surface area contributed by atoms with Crippen molar-refractivity contribution in [1.82, 2.24) is 9.78 Å². The Kier molecular flexibility index (Phi) is 5.49. The largest absolute Gasteiger partial charge is 0.489 e. The molecule has 7 nitrogen and oxygen atoms in total. The molecule has 30 heavy (non-hydrogen) atoms. The second-order valence-corrected chi connectivity index (χ2v) is 9.08. The first kappa shape index (κ1) is 20.7. The van der Waals surface area contributed by atoms with Crippen molar-refractivity contribution >= 4 is 11.8 Å². The number of aliphatic hydroxyl groups is 1. The Balaban J connectivity index is 1.77. The van der Waals surface area contributed by atoms with Crippen LogP contribution in [-0.2, 0) is 17.7 Å². The number of amides is 1. The van der Waals surface area contributed by atoms with Crippen molar-refractivity contribution < 1.29 is 19.4 Å². The maximum atomic E-state index is 12.5. The van der Waals surface area contributed by atoms with Crippen LogP contribution in [0.15, 0.2) is 24.5 Å². The highest BCUT2D eigenvalue weighted by atomic mass is 16.5. The average Bonchev–Trinajstić information content (AvgIpc) is 3.09. The molecule has 1 aliphatic carbocycles. The summed E-state index contributed by atoms with van der Waals surface area (Å²) in [6.45, 7) is 5.98. The van der Waals surface area contributed by atoms with E-state index in [-0.39, 0.29) is 18.2 Å². The molecule has 0 spiro atoms. The van der Waals surface area contributed by atoms with Gasteiger partial charge in [-0.15, -0.1) is 0 Å². The molecule has 1 N–H and O–H groups in total. The Morgan fingerprint density at radius 3 is 2.70 bits per heavy atom. The number of rotatable bonds is 5. The molecule has 0 bridgehead atoms. The van der Waals surface area contributed by atoms with Gasteiger partial charge in [0.25, 0.3) is 0 Å². The van der Waals surface area contributed by atoms with E-state index in [4.69, 9.17) is 9.47 Å². The predicted molar refractivity (Wildman–Crippen MR) is 115 cm³/mol. The summed E-state index contributed by atoms with van der Waals surface area (Å²) in [5.74, 6) is 0.848. The molecule has 1 aromatic heterocycles. The first-order chi connectivity index (χ1) is 14.3. The Hall–Kier alpha value is -2.54. The number of hydrogen-bond donors (Lipinski definition) is 1. The van der Waals surface area contributed by atoms with Crippen LogP contribution in [0.1, 0.15) is 52.0 Å². The van der Waals surface area contributed by atoms with Crippen LogP contribution in [0.25, 0.3) is 11.1 Å². The van der Waals surface area contributed by atoms with Gasteiger partial charge in [0.05, 0.1) is 37.2 Å². The normalized spacial score (nSPS) is 19.2. The monoisotopic (exact) mass is 413 g/mol. The first-order valence-corrected chi connectivity index (χ1v) is 10.7. The van der Waals surface area contributed by atoms with Gasteiger partial charge in [0.15, 0.2) is 0 Å². The third-order valence-corrected chi connectivity index (χ3v) is 5.95. The van der Waals surface area contributed by atoms with Crippen LogP contribution in [0, 0.1) is 0 Å². The third-order valence-electron chi connectivity index (χ3n) is 5.95. The quantitative estimate of drug-likeness (QED) is 0.796. The molecule has 2 heterocycles. The Bertz CT molecular complexity index is 927. The Labute approximate surface area is 177 Å². The summed E-state index contributed by atoms with van der Waals surface area (Å²) in [4.78, 5) is 14.2. The van der Waals surface area contributed by atoms with E-state index in [2.05, 4.69) is 5.10 Å². The zero-order valence-electron chi connectivity index (χ0n) is 18.2. The van der Waals surface area contributed by atoms with Crippen LogP contribution in [0.4, 0.5) is 10.5 Å². The van der Waals surface area contributed by atoms with Gasteiger partial charge in [-0.3, -0.25) is 9.58 Å². The molecule has 1 atom stereocenters. The van der Waals surface area contributed by atoms with Gasteiger partial charge in [-0.25, -0.2) is 4.79 Å². The minimum absolute atomic E-state index is 0.0712. The van der Waals surface area contributed by atoms with E-state index in [0.29, 0.717) is 6.54 Å². The highest BCUT2D eigenvalue weighted by molar-refractivity contribution is 5.92. The van der Waals surface area contributed by atoms with Gasteiger partial charge in [-0.05, 0) is 65.0 Å². The van der Waals surface area contributed by atoms with Gasteiger partial charge < -0.3 is 14.6 Å². The number of fused-ring (bicyclic) bond motifs is 1. The van der Waals surface area contributed by atoms with Crippen LogP contribution >= 0.6 is 0 Å². The van der Waals surface area contributed by atoms with Crippen molar-refractivity contribution in [3.05, 3.63) is 30.1 Å². The van der Waals surface area contributed by atoms with Gasteiger partial charge in [-0.1, -0.05) is 0 Å². The number of ether oxygens (including phenoxy) is 2. The molecule has 0 saturated heterocycles. The molecule has 4 rings (SSSR count). The van der Waals surface area contributed by atoms with Crippen LogP contribution in [0.2, 0.25) is 0 Å². The average molecular weight is 414 g/mol. The predicted octanol–water partition coefficient (Wildman–Crippen LogP) is 4.16. The number of nitrogens with zero attached hydrogens (tertiary/aromatic N) is 3. The van der Waals surface area contributed by atoms with Crippen molar-refractivity contribution in [2.24, 2.45) is 0 Å². The summed E-state index contributed by atoms with van der Waals surface area (Å²) >= 11 is 0. The van der Waals surface area contributed by atoms with E-state index in [1.54, 1.807) is 23.4 Å². The lowest BCUT2D eigenvalue weighted by atomic mass is 9.91. The summed E-state index contributed by atoms with van der Waals surface area (Å²) in [5, 5.41) is 14.5. The second kappa shape index (κ2) is 7.95. The smallest absolute Gasteiger partial charge is 0.414 e. The van der Waals surface area contributed by atoms with Gasteiger partial charge in [0, 0.05) is 28.9 Å². The fourth-order valence-corrected chi connectivity index (χ4v) is 4.18. The molecular weight excluding hydrogens is 382 g/mol. The summed E-state index contributed by atoms with van der Waals surface area (Å²) in [5.41, 5.74) is 2.99. The molecule has 1 saturated carbocycles. The molecule has 1 aliphatic heterocycles. The third kappa shape index (κ3) is 4.03. The van der Waals surface area contributed by atoms with E-state index < -0.39 is 5.60 Å². The zero-order chi connectivity index (χ0) is 21.5. The van der Waals surface area contributed by atoms with Gasteiger partial charge in [0.1, 0.15) is 5.75 Å². The van der Waals surface area contributed by atoms with Crippen LogP contribution in [0.3, 0.4) is 0 Å². The van der Waals surface area contributed by atoms with E-state index >= 15 is 0 Å². The minimum Gasteiger partial charge on any atom is -0.489 e. The maximum Gasteiger partial charge on any atom is 0.414 e. The topological polar surface area (TPSA) is 76.8 Å². The van der Waals surface area contributed by atoms with E-state index in [0.717, 1.165) is 53.8 Å². The highest BCUT2D eigenvalue weighted by Gasteiger charge is 2.33. The van der Waals surface area contributed by atoms with Crippen LogP contribution in [0.5, 0.6) is 5.75 Å². The van der Waals surface area contributed by atoms with Gasteiger partial charge in [0.2, 0.25) is 0 Å². The summed E-state index contributed by atoms with van der Waals surface area (Å²) in [6, 6.07) is 4.06. The maximum absolute atomic E-state index is 12.5. The first-order valence-electron chi connectivity index (χ1n) is 10.7. The highest BCUT2D eigenvalue weighted by Crippen LogP contribution is 2.44. The fourth-order valence-electron chi connectivity index (χ4n) is 4.18.